The molecule has 0 spiro atoms. The van der Waals surface area contributed by atoms with Gasteiger partial charge >= 0.3 is 0 Å². The zero-order valence-electron chi connectivity index (χ0n) is 8.92. The van der Waals surface area contributed by atoms with Gasteiger partial charge in [0.05, 0.1) is 23.0 Å². The maximum Gasteiger partial charge on any atom is 0.0690 e. The molecule has 0 aromatic carbocycles. The molecule has 0 aliphatic heterocycles. The highest BCUT2D eigenvalue weighted by Crippen LogP contribution is 2.69. The molecule has 4 aliphatic carbocycles. The molecule has 4 aliphatic rings. The summed E-state index contributed by atoms with van der Waals surface area (Å²) in [5.41, 5.74) is -0.390. The van der Waals surface area contributed by atoms with Crippen molar-refractivity contribution in [3.8, 4) is 12.1 Å². The summed E-state index contributed by atoms with van der Waals surface area (Å²) in [6.07, 6.45) is 5.84. The van der Waals surface area contributed by atoms with E-state index in [1.54, 1.807) is 0 Å². The summed E-state index contributed by atoms with van der Waals surface area (Å²) < 4.78 is 0. The van der Waals surface area contributed by atoms with E-state index in [-0.39, 0.29) is 16.2 Å². The van der Waals surface area contributed by atoms with Crippen molar-refractivity contribution in [1.82, 2.24) is 0 Å². The molecule has 0 saturated heterocycles. The molecule has 4 rings (SSSR count). The normalized spacial score (nSPS) is 56.1. The highest BCUT2D eigenvalue weighted by atomic mass is 14.7. The highest BCUT2D eigenvalue weighted by molar-refractivity contribution is 5.24. The molecular formula is C13H15N2. The molecule has 2 unspecified atom stereocenters. The second kappa shape index (κ2) is 2.38. The second-order valence-electron chi connectivity index (χ2n) is 6.29. The van der Waals surface area contributed by atoms with E-state index in [9.17, 15) is 10.5 Å². The molecule has 4 bridgehead atoms. The van der Waals surface area contributed by atoms with Gasteiger partial charge in [0.25, 0.3) is 0 Å². The summed E-state index contributed by atoms with van der Waals surface area (Å²) in [4.78, 5) is 0. The van der Waals surface area contributed by atoms with Gasteiger partial charge in [-0.1, -0.05) is 0 Å². The second-order valence-corrected chi connectivity index (χ2v) is 6.29. The fourth-order valence-electron chi connectivity index (χ4n) is 4.89. The van der Waals surface area contributed by atoms with E-state index in [0.717, 1.165) is 38.5 Å². The Labute approximate surface area is 90.9 Å². The van der Waals surface area contributed by atoms with Crippen LogP contribution in [0.25, 0.3) is 0 Å². The predicted octanol–water partition coefficient (Wildman–Crippen LogP) is 2.82. The smallest absolute Gasteiger partial charge is 0.0690 e. The highest BCUT2D eigenvalue weighted by Gasteiger charge is 2.62. The molecule has 2 atom stereocenters. The zero-order chi connectivity index (χ0) is 10.7. The van der Waals surface area contributed by atoms with Crippen LogP contribution in [-0.4, -0.2) is 0 Å². The summed E-state index contributed by atoms with van der Waals surface area (Å²) in [5, 5.41) is 18.7. The molecule has 2 heteroatoms. The molecular weight excluding hydrogens is 184 g/mol. The van der Waals surface area contributed by atoms with Crippen LogP contribution < -0.4 is 0 Å². The van der Waals surface area contributed by atoms with Gasteiger partial charge in [0.15, 0.2) is 0 Å². The summed E-state index contributed by atoms with van der Waals surface area (Å²) in [6.45, 7) is 4.31. The summed E-state index contributed by atoms with van der Waals surface area (Å²) in [5.74, 6) is 0.582. The van der Waals surface area contributed by atoms with Crippen molar-refractivity contribution < 1.29 is 0 Å². The molecule has 77 valence electrons. The molecule has 4 fully saturated rings. The minimum Gasteiger partial charge on any atom is -0.198 e. The summed E-state index contributed by atoms with van der Waals surface area (Å²) in [7, 11) is 0. The summed E-state index contributed by atoms with van der Waals surface area (Å²) >= 11 is 0. The topological polar surface area (TPSA) is 47.6 Å². The van der Waals surface area contributed by atoms with Crippen LogP contribution in [0.5, 0.6) is 0 Å². The van der Waals surface area contributed by atoms with E-state index < -0.39 is 0 Å². The van der Waals surface area contributed by atoms with E-state index in [0.29, 0.717) is 5.92 Å². The van der Waals surface area contributed by atoms with Gasteiger partial charge in [0.2, 0.25) is 0 Å². The van der Waals surface area contributed by atoms with E-state index >= 15 is 0 Å². The molecule has 1 radical (unpaired) electrons. The van der Waals surface area contributed by atoms with Crippen LogP contribution in [0.2, 0.25) is 0 Å². The van der Waals surface area contributed by atoms with Crippen molar-refractivity contribution in [2.24, 2.45) is 22.2 Å². The molecule has 0 aromatic rings. The van der Waals surface area contributed by atoms with Gasteiger partial charge < -0.3 is 0 Å². The third-order valence-corrected chi connectivity index (χ3v) is 4.66. The van der Waals surface area contributed by atoms with Crippen molar-refractivity contribution in [2.75, 3.05) is 0 Å². The Hall–Kier alpha value is -1.02. The molecule has 0 heterocycles. The van der Waals surface area contributed by atoms with E-state index in [2.05, 4.69) is 19.1 Å². The minimum absolute atomic E-state index is 0.0326. The van der Waals surface area contributed by atoms with Crippen LogP contribution in [0.4, 0.5) is 0 Å². The Morgan fingerprint density at radius 3 is 1.87 bits per heavy atom. The first-order valence-corrected chi connectivity index (χ1v) is 5.71. The largest absolute Gasteiger partial charge is 0.198 e. The lowest BCUT2D eigenvalue weighted by molar-refractivity contribution is -0.0914. The van der Waals surface area contributed by atoms with E-state index in [1.807, 2.05) is 0 Å². The van der Waals surface area contributed by atoms with Crippen molar-refractivity contribution in [3.63, 3.8) is 0 Å². The van der Waals surface area contributed by atoms with Crippen molar-refractivity contribution >= 4 is 0 Å². The van der Waals surface area contributed by atoms with Gasteiger partial charge in [-0.2, -0.15) is 10.5 Å². The molecule has 0 amide bonds. The lowest BCUT2D eigenvalue weighted by Gasteiger charge is -2.61. The quantitative estimate of drug-likeness (QED) is 0.602. The Bertz CT molecular complexity index is 368. The van der Waals surface area contributed by atoms with Crippen molar-refractivity contribution in [2.45, 2.75) is 38.5 Å². The maximum atomic E-state index is 9.37. The first-order valence-electron chi connectivity index (χ1n) is 5.71. The van der Waals surface area contributed by atoms with Crippen LogP contribution in [0.3, 0.4) is 0 Å². The van der Waals surface area contributed by atoms with Crippen LogP contribution in [0, 0.1) is 51.7 Å². The molecule has 15 heavy (non-hydrogen) atoms. The third-order valence-electron chi connectivity index (χ3n) is 4.66. The third kappa shape index (κ3) is 1.08. The lowest BCUT2D eigenvalue weighted by Crippen LogP contribution is -2.55. The number of hydrogen-bond acceptors (Lipinski definition) is 2. The van der Waals surface area contributed by atoms with E-state index in [4.69, 9.17) is 0 Å². The SMILES string of the molecule is [CH2]C12CC3CC(C#N)(C1)CC(C#N)(C3)C2. The van der Waals surface area contributed by atoms with Gasteiger partial charge in [0, 0.05) is 0 Å². The Balaban J connectivity index is 2.09. The average Bonchev–Trinajstić information content (AvgIpc) is 2.14. The molecule has 4 saturated carbocycles. The Kier molecular flexibility index (Phi) is 1.46. The van der Waals surface area contributed by atoms with E-state index in [1.165, 1.54) is 0 Å². The van der Waals surface area contributed by atoms with Gasteiger partial charge in [-0.05, 0) is 56.8 Å². The number of hydrogen-bond donors (Lipinski definition) is 0. The lowest BCUT2D eigenvalue weighted by atomic mass is 9.40. The van der Waals surface area contributed by atoms with Crippen molar-refractivity contribution in [3.05, 3.63) is 6.92 Å². The Morgan fingerprint density at radius 2 is 1.47 bits per heavy atom. The van der Waals surface area contributed by atoms with Gasteiger partial charge in [-0.15, -0.1) is 0 Å². The number of nitrogens with zero attached hydrogens (tertiary/aromatic N) is 2. The predicted molar refractivity (Wildman–Crippen MR) is 55.1 cm³/mol. The first kappa shape index (κ1) is 9.22. The number of rotatable bonds is 0. The molecule has 0 aromatic heterocycles. The molecule has 2 nitrogen and oxygen atoms in total. The Morgan fingerprint density at radius 1 is 0.933 bits per heavy atom. The summed E-state index contributed by atoms with van der Waals surface area (Å²) in [6, 6.07) is 5.01. The fourth-order valence-corrected chi connectivity index (χ4v) is 4.89. The zero-order valence-corrected chi connectivity index (χ0v) is 8.92. The van der Waals surface area contributed by atoms with Crippen LogP contribution in [0.15, 0.2) is 0 Å². The van der Waals surface area contributed by atoms with Crippen LogP contribution >= 0.6 is 0 Å². The standard InChI is InChI=1S/C13H15N2/c1-11-2-10-3-12(5-11,8-14)7-13(4-10,6-11)9-15/h10H,1-7H2. The van der Waals surface area contributed by atoms with Gasteiger partial charge in [-0.25, -0.2) is 0 Å². The average molecular weight is 199 g/mol. The minimum atomic E-state index is -0.211. The fraction of sp³-hybridized carbons (Fsp3) is 0.769. The van der Waals surface area contributed by atoms with Crippen LogP contribution in [-0.2, 0) is 0 Å². The van der Waals surface area contributed by atoms with Gasteiger partial charge in [0.1, 0.15) is 0 Å². The maximum absolute atomic E-state index is 9.37. The molecule has 0 N–H and O–H groups in total. The van der Waals surface area contributed by atoms with Crippen molar-refractivity contribution in [1.29, 1.82) is 10.5 Å². The number of nitriles is 2. The van der Waals surface area contributed by atoms with Gasteiger partial charge in [-0.3, -0.25) is 0 Å². The first-order chi connectivity index (χ1) is 7.03. The monoisotopic (exact) mass is 199 g/mol. The van der Waals surface area contributed by atoms with Crippen LogP contribution in [0.1, 0.15) is 38.5 Å².